The molecule has 0 spiro atoms. The Morgan fingerprint density at radius 3 is 1.25 bits per heavy atom. The molecular weight excluding hydrogens is 266 g/mol. The van der Waals surface area contributed by atoms with Crippen molar-refractivity contribution in [2.45, 2.75) is 0 Å². The predicted octanol–water partition coefficient (Wildman–Crippen LogP) is -0.584. The first-order chi connectivity index (χ1) is 1.41. The Balaban J connectivity index is 0. The molecule has 0 aromatic heterocycles. The van der Waals surface area contributed by atoms with Gasteiger partial charge in [-0.3, -0.25) is 0 Å². The van der Waals surface area contributed by atoms with Crippen molar-refractivity contribution in [1.82, 2.24) is 0 Å². The van der Waals surface area contributed by atoms with Gasteiger partial charge in [-0.25, -0.2) is 0 Å². The molecule has 0 unspecified atom stereocenters. The average Bonchev–Trinajstić information content (AvgIpc) is 0.918. The SMILES string of the molecule is O=C=O.[Rn]. The Hall–Kier alpha value is 1.50. The van der Waals surface area contributed by atoms with Gasteiger partial charge in [0.25, 0.3) is 0 Å². The molecule has 0 saturated heterocycles. The van der Waals surface area contributed by atoms with E-state index in [1.807, 2.05) is 0 Å². The third-order valence-corrected chi connectivity index (χ3v) is 0. The molecule has 0 aliphatic rings. The Morgan fingerprint density at radius 1 is 1.25 bits per heavy atom. The van der Waals surface area contributed by atoms with Crippen molar-refractivity contribution < 1.29 is 81.5 Å². The Kier molecular flexibility index (Phi) is 20.0. The second kappa shape index (κ2) is 8.82. The van der Waals surface area contributed by atoms with Gasteiger partial charge in [-0.1, -0.05) is 0 Å². The summed E-state index contributed by atoms with van der Waals surface area (Å²) in [6.45, 7) is 0. The fraction of sp³-hybridized carbons (Fsp3) is 0. The maximum atomic E-state index is 8.12. The van der Waals surface area contributed by atoms with Gasteiger partial charge in [-0.2, -0.15) is 9.59 Å². The molecule has 0 radical (unpaired) electrons. The monoisotopic (exact) mass is 266 g/mol. The molecule has 3 heteroatoms. The van der Waals surface area contributed by atoms with Gasteiger partial charge in [0.2, 0.25) is 0 Å². The van der Waals surface area contributed by atoms with E-state index in [1.54, 1.807) is 0 Å². The van der Waals surface area contributed by atoms with Gasteiger partial charge < -0.3 is 0 Å². The van der Waals surface area contributed by atoms with E-state index in [2.05, 4.69) is 0 Å². The average molecular weight is 266 g/mol. The molecule has 0 fully saturated rings. The third-order valence-electron chi connectivity index (χ3n) is 0. The molecule has 0 bridgehead atoms. The number of rotatable bonds is 0. The van der Waals surface area contributed by atoms with Crippen LogP contribution >= 0.6 is 0 Å². The minimum atomic E-state index is 0. The quantitative estimate of drug-likeness (QED) is 0.587. The van der Waals surface area contributed by atoms with Gasteiger partial charge in [0.1, 0.15) is 0 Å². The molecule has 2 nitrogen and oxygen atoms in total. The zero-order valence-electron chi connectivity index (χ0n) is 1.67. The van der Waals surface area contributed by atoms with Gasteiger partial charge in [0.05, 0.1) is 0 Å². The number of hydrogen-bond donors (Lipinski definition) is 0. The van der Waals surface area contributed by atoms with Gasteiger partial charge in [0.15, 0.2) is 0 Å². The van der Waals surface area contributed by atoms with E-state index < -0.39 is 0 Å². The molecule has 0 aromatic carbocycles. The van der Waals surface area contributed by atoms with Gasteiger partial charge in [-0.15, -0.1) is 0 Å². The van der Waals surface area contributed by atoms with Crippen molar-refractivity contribution in [3.63, 3.8) is 0 Å². The van der Waals surface area contributed by atoms with Gasteiger partial charge in [-0.05, 0) is 0 Å². The number of hydrogen-bond acceptors (Lipinski definition) is 2. The molecule has 4 heavy (non-hydrogen) atoms. The standard InChI is InChI=1S/CO2.Rn/c2-1-3;. The molecule has 0 aliphatic carbocycles. The van der Waals surface area contributed by atoms with E-state index in [1.165, 1.54) is 0 Å². The molecule has 0 atom stereocenters. The van der Waals surface area contributed by atoms with Crippen molar-refractivity contribution in [3.8, 4) is 0 Å². The zero-order valence-corrected chi connectivity index (χ0v) is 4.42. The first kappa shape index (κ1) is 9.09. The summed E-state index contributed by atoms with van der Waals surface area (Å²) in [6.07, 6.45) is 0.250. The van der Waals surface area contributed by atoms with E-state index in [9.17, 15) is 0 Å². The predicted molar refractivity (Wildman–Crippen MR) is 5.01 cm³/mol. The van der Waals surface area contributed by atoms with Crippen LogP contribution in [0, 0.1) is 71.9 Å². The largest absolute Gasteiger partial charge is 0.373 e. The topological polar surface area (TPSA) is 34.1 Å². The summed E-state index contributed by atoms with van der Waals surface area (Å²) in [5, 5.41) is 0. The second-order valence-electron chi connectivity index (χ2n) is 0.0833. The fourth-order valence-electron chi connectivity index (χ4n) is 0. The van der Waals surface area contributed by atoms with E-state index in [0.29, 0.717) is 0 Å². The van der Waals surface area contributed by atoms with E-state index >= 15 is 0 Å². The molecule has 0 N–H and O–H groups in total. The minimum absolute atomic E-state index is 0. The maximum Gasteiger partial charge on any atom is 0.373 e. The third kappa shape index (κ3) is 9.73. The zero-order chi connectivity index (χ0) is 2.71. The van der Waals surface area contributed by atoms with Crippen LogP contribution in [0.1, 0.15) is 0 Å². The summed E-state index contributed by atoms with van der Waals surface area (Å²) in [7, 11) is 0. The van der Waals surface area contributed by atoms with E-state index in [4.69, 9.17) is 9.59 Å². The van der Waals surface area contributed by atoms with Crippen LogP contribution in [-0.4, -0.2) is 6.15 Å². The van der Waals surface area contributed by atoms with E-state index in [0.717, 1.165) is 0 Å². The maximum absolute atomic E-state index is 8.12. The summed E-state index contributed by atoms with van der Waals surface area (Å²) in [6, 6.07) is 0. The first-order valence-corrected chi connectivity index (χ1v) is 0.408. The Morgan fingerprint density at radius 2 is 1.25 bits per heavy atom. The number of carbonyl (C=O) groups excluding carboxylic acids is 2. The van der Waals surface area contributed by atoms with Crippen molar-refractivity contribution >= 4 is 6.15 Å². The van der Waals surface area contributed by atoms with Crippen molar-refractivity contribution in [3.05, 3.63) is 0 Å². The Bertz CT molecular complexity index is 27.0. The summed E-state index contributed by atoms with van der Waals surface area (Å²) in [5.41, 5.74) is 0. The van der Waals surface area contributed by atoms with Crippen LogP contribution in [0.3, 0.4) is 0 Å². The van der Waals surface area contributed by atoms with E-state index in [-0.39, 0.29) is 78.0 Å². The molecule has 0 rings (SSSR count). The van der Waals surface area contributed by atoms with Crippen molar-refractivity contribution in [2.75, 3.05) is 0 Å². The summed E-state index contributed by atoms with van der Waals surface area (Å²) >= 11 is 0. The van der Waals surface area contributed by atoms with Gasteiger partial charge >= 0.3 is 6.15 Å². The molecule has 24 valence electrons. The summed E-state index contributed by atoms with van der Waals surface area (Å²) < 4.78 is 0. The van der Waals surface area contributed by atoms with Crippen molar-refractivity contribution in [1.29, 1.82) is 0 Å². The van der Waals surface area contributed by atoms with Crippen LogP contribution in [-0.2, 0) is 9.59 Å². The van der Waals surface area contributed by atoms with Crippen LogP contribution in [0.5, 0.6) is 0 Å². The summed E-state index contributed by atoms with van der Waals surface area (Å²) in [4.78, 5) is 16.2. The first-order valence-electron chi connectivity index (χ1n) is 0.408. The van der Waals surface area contributed by atoms with Crippen molar-refractivity contribution in [2.24, 2.45) is 0 Å². The Labute approximate surface area is 85.1 Å². The molecule has 0 heterocycles. The van der Waals surface area contributed by atoms with Crippen LogP contribution in [0.2, 0.25) is 0 Å². The molecule has 0 amide bonds. The summed E-state index contributed by atoms with van der Waals surface area (Å²) in [5.74, 6) is 0. The molecule has 0 saturated carbocycles. The van der Waals surface area contributed by atoms with Crippen LogP contribution in [0.4, 0.5) is 0 Å². The normalized spacial score (nSPS) is 2.00. The molecule has 0 aromatic rings. The fourth-order valence-corrected chi connectivity index (χ4v) is 0. The van der Waals surface area contributed by atoms with Gasteiger partial charge in [0, 0.05) is 71.9 Å². The smallest absolute Gasteiger partial charge is 0.186 e. The van der Waals surface area contributed by atoms with Crippen LogP contribution in [0.25, 0.3) is 0 Å². The minimum Gasteiger partial charge on any atom is -0.186 e. The second-order valence-corrected chi connectivity index (χ2v) is 0.0833. The van der Waals surface area contributed by atoms with Crippen LogP contribution < -0.4 is 0 Å². The molecular formula is CO2Rn. The van der Waals surface area contributed by atoms with Crippen LogP contribution in [0.15, 0.2) is 0 Å². The molecule has 0 aliphatic heterocycles.